The van der Waals surface area contributed by atoms with Crippen molar-refractivity contribution in [3.05, 3.63) is 17.3 Å². The van der Waals surface area contributed by atoms with Crippen LogP contribution < -0.4 is 5.59 Å². The zero-order valence-electron chi connectivity index (χ0n) is 5.40. The summed E-state index contributed by atoms with van der Waals surface area (Å²) >= 11 is 5.45. The van der Waals surface area contributed by atoms with Gasteiger partial charge in [-0.1, -0.05) is 11.6 Å². The molecule has 0 radical (unpaired) electrons. The van der Waals surface area contributed by atoms with E-state index in [1.807, 2.05) is 0 Å². The van der Waals surface area contributed by atoms with E-state index in [1.165, 1.54) is 6.07 Å². The number of halogens is 1. The summed E-state index contributed by atoms with van der Waals surface area (Å²) in [5, 5.41) is 26.1. The van der Waals surface area contributed by atoms with Gasteiger partial charge in [0.15, 0.2) is 5.75 Å². The first-order valence-electron chi connectivity index (χ1n) is 2.82. The fraction of sp³-hybridized carbons (Fsp3) is 0. The Hall–Kier alpha value is -0.775. The van der Waals surface area contributed by atoms with Crippen LogP contribution in [0, 0.1) is 0 Å². The fourth-order valence-electron chi connectivity index (χ4n) is 0.580. The molecule has 0 spiro atoms. The van der Waals surface area contributed by atoms with Gasteiger partial charge in [-0.05, 0) is 6.07 Å². The third kappa shape index (κ3) is 1.83. The minimum Gasteiger partial charge on any atom is -0.505 e. The van der Waals surface area contributed by atoms with E-state index in [4.69, 9.17) is 26.8 Å². The topological polar surface area (TPSA) is 73.6 Å². The Morgan fingerprint density at radius 3 is 2.55 bits per heavy atom. The Morgan fingerprint density at radius 1 is 1.45 bits per heavy atom. The summed E-state index contributed by atoms with van der Waals surface area (Å²) in [6.07, 6.45) is 1.05. The third-order valence-electron chi connectivity index (χ3n) is 1.12. The van der Waals surface area contributed by atoms with Crippen molar-refractivity contribution in [1.29, 1.82) is 0 Å². The lowest BCUT2D eigenvalue weighted by Crippen LogP contribution is -2.32. The van der Waals surface area contributed by atoms with Gasteiger partial charge in [-0.2, -0.15) is 0 Å². The normalized spacial score (nSPS) is 9.73. The van der Waals surface area contributed by atoms with Crippen LogP contribution in [0.3, 0.4) is 0 Å². The van der Waals surface area contributed by atoms with Crippen LogP contribution in [-0.4, -0.2) is 27.3 Å². The van der Waals surface area contributed by atoms with Gasteiger partial charge in [-0.3, -0.25) is 4.98 Å². The van der Waals surface area contributed by atoms with Crippen LogP contribution in [0.25, 0.3) is 0 Å². The molecule has 58 valence electrons. The molecule has 0 saturated carbocycles. The molecule has 1 heterocycles. The highest BCUT2D eigenvalue weighted by Gasteiger charge is 2.13. The fourth-order valence-corrected chi connectivity index (χ4v) is 0.740. The maximum absolute atomic E-state index is 8.87. The van der Waals surface area contributed by atoms with E-state index in [0.29, 0.717) is 0 Å². The predicted octanol–water partition coefficient (Wildman–Crippen LogP) is -0.880. The van der Waals surface area contributed by atoms with Crippen molar-refractivity contribution in [2.45, 2.75) is 0 Å². The molecular formula is C5H5BClNO3. The SMILES string of the molecule is OB(O)c1cc(Cl)c(O)cn1. The maximum atomic E-state index is 8.87. The van der Waals surface area contributed by atoms with Crippen molar-refractivity contribution in [3.63, 3.8) is 0 Å². The second-order valence-electron chi connectivity index (χ2n) is 1.93. The monoisotopic (exact) mass is 173 g/mol. The van der Waals surface area contributed by atoms with Crippen molar-refractivity contribution < 1.29 is 15.2 Å². The van der Waals surface area contributed by atoms with Gasteiger partial charge in [0.1, 0.15) is 0 Å². The Bertz CT molecular complexity index is 268. The van der Waals surface area contributed by atoms with E-state index < -0.39 is 7.12 Å². The van der Waals surface area contributed by atoms with Crippen molar-refractivity contribution in [3.8, 4) is 5.75 Å². The van der Waals surface area contributed by atoms with Gasteiger partial charge in [0.05, 0.1) is 16.8 Å². The lowest BCUT2D eigenvalue weighted by molar-refractivity contribution is 0.424. The molecule has 11 heavy (non-hydrogen) atoms. The largest absolute Gasteiger partial charge is 0.508 e. The van der Waals surface area contributed by atoms with E-state index in [9.17, 15) is 0 Å². The van der Waals surface area contributed by atoms with Gasteiger partial charge in [0.2, 0.25) is 0 Å². The Morgan fingerprint density at radius 2 is 2.09 bits per heavy atom. The molecule has 3 N–H and O–H groups in total. The molecule has 4 nitrogen and oxygen atoms in total. The van der Waals surface area contributed by atoms with Gasteiger partial charge >= 0.3 is 7.12 Å². The summed E-state index contributed by atoms with van der Waals surface area (Å²) in [6, 6.07) is 1.18. The van der Waals surface area contributed by atoms with Gasteiger partial charge < -0.3 is 15.2 Å². The molecule has 0 bridgehead atoms. The van der Waals surface area contributed by atoms with Crippen LogP contribution in [-0.2, 0) is 0 Å². The maximum Gasteiger partial charge on any atom is 0.508 e. The zero-order chi connectivity index (χ0) is 8.43. The number of rotatable bonds is 1. The molecule has 0 aliphatic heterocycles. The minimum absolute atomic E-state index is 0.00722. The number of aromatic hydroxyl groups is 1. The first kappa shape index (κ1) is 8.32. The molecule has 0 aromatic carbocycles. The lowest BCUT2D eigenvalue weighted by Gasteiger charge is -1.99. The molecule has 1 aromatic rings. The number of aromatic nitrogens is 1. The summed E-state index contributed by atoms with van der Waals surface area (Å²) in [5.74, 6) is -0.184. The van der Waals surface area contributed by atoms with Crippen molar-refractivity contribution in [2.75, 3.05) is 0 Å². The van der Waals surface area contributed by atoms with E-state index in [1.54, 1.807) is 0 Å². The van der Waals surface area contributed by atoms with E-state index in [0.717, 1.165) is 6.20 Å². The molecule has 0 atom stereocenters. The highest BCUT2D eigenvalue weighted by molar-refractivity contribution is 6.58. The van der Waals surface area contributed by atoms with Crippen molar-refractivity contribution >= 4 is 24.3 Å². The molecule has 0 fully saturated rings. The summed E-state index contributed by atoms with van der Waals surface area (Å²) in [4.78, 5) is 3.50. The van der Waals surface area contributed by atoms with Crippen LogP contribution in [0.4, 0.5) is 0 Å². The standard InChI is InChI=1S/C5H5BClNO3/c7-3-1-5(6(10)11)8-2-4(3)9/h1-2,9-11H. The first-order chi connectivity index (χ1) is 5.11. The smallest absolute Gasteiger partial charge is 0.505 e. The Kier molecular flexibility index (Phi) is 2.33. The number of nitrogens with zero attached hydrogens (tertiary/aromatic N) is 1. The van der Waals surface area contributed by atoms with Gasteiger partial charge in [0.25, 0.3) is 0 Å². The summed E-state index contributed by atoms with van der Waals surface area (Å²) < 4.78 is 0. The Balaban J connectivity index is 3.05. The second-order valence-corrected chi connectivity index (χ2v) is 2.34. The third-order valence-corrected chi connectivity index (χ3v) is 1.42. The average molecular weight is 173 g/mol. The molecule has 0 aliphatic carbocycles. The summed E-state index contributed by atoms with van der Waals surface area (Å²) in [5.41, 5.74) is 0.00722. The molecule has 1 rings (SSSR count). The molecule has 0 aliphatic rings. The van der Waals surface area contributed by atoms with E-state index in [2.05, 4.69) is 4.98 Å². The number of hydrogen-bond acceptors (Lipinski definition) is 4. The van der Waals surface area contributed by atoms with Gasteiger partial charge in [0, 0.05) is 0 Å². The molecule has 0 amide bonds. The highest BCUT2D eigenvalue weighted by atomic mass is 35.5. The van der Waals surface area contributed by atoms with Crippen molar-refractivity contribution in [2.24, 2.45) is 0 Å². The molecular weight excluding hydrogens is 168 g/mol. The van der Waals surface area contributed by atoms with E-state index in [-0.39, 0.29) is 16.4 Å². The number of pyridine rings is 1. The summed E-state index contributed by atoms with van der Waals surface area (Å²) in [7, 11) is -1.66. The second kappa shape index (κ2) is 3.08. The average Bonchev–Trinajstić information content (AvgIpc) is 1.94. The van der Waals surface area contributed by atoms with Gasteiger partial charge in [-0.25, -0.2) is 0 Å². The number of hydrogen-bond donors (Lipinski definition) is 3. The van der Waals surface area contributed by atoms with Gasteiger partial charge in [-0.15, -0.1) is 0 Å². The molecule has 0 saturated heterocycles. The van der Waals surface area contributed by atoms with Crippen LogP contribution >= 0.6 is 11.6 Å². The van der Waals surface area contributed by atoms with Crippen LogP contribution in [0.2, 0.25) is 5.02 Å². The Labute approximate surface area is 68.2 Å². The molecule has 6 heteroatoms. The van der Waals surface area contributed by atoms with E-state index >= 15 is 0 Å². The highest BCUT2D eigenvalue weighted by Crippen LogP contribution is 2.18. The predicted molar refractivity (Wildman–Crippen MR) is 40.7 cm³/mol. The quantitative estimate of drug-likeness (QED) is 0.482. The van der Waals surface area contributed by atoms with Crippen molar-refractivity contribution in [1.82, 2.24) is 4.98 Å². The molecule has 0 unspecified atom stereocenters. The molecule has 1 aromatic heterocycles. The lowest BCUT2D eigenvalue weighted by atomic mass is 9.86. The zero-order valence-corrected chi connectivity index (χ0v) is 6.15. The minimum atomic E-state index is -1.66. The van der Waals surface area contributed by atoms with Crippen LogP contribution in [0.5, 0.6) is 5.75 Å². The van der Waals surface area contributed by atoms with Crippen LogP contribution in [0.1, 0.15) is 0 Å². The first-order valence-corrected chi connectivity index (χ1v) is 3.19. The van der Waals surface area contributed by atoms with Crippen LogP contribution in [0.15, 0.2) is 12.3 Å². The summed E-state index contributed by atoms with van der Waals surface area (Å²) in [6.45, 7) is 0.